The van der Waals surface area contributed by atoms with Crippen molar-refractivity contribution in [2.24, 2.45) is 0 Å². The van der Waals surface area contributed by atoms with Crippen LogP contribution in [0.1, 0.15) is 24.8 Å². The summed E-state index contributed by atoms with van der Waals surface area (Å²) in [6.07, 6.45) is 0.359. The molecule has 3 atom stereocenters. The summed E-state index contributed by atoms with van der Waals surface area (Å²) in [4.78, 5) is 11.9. The molecule has 8 nitrogen and oxygen atoms in total. The normalized spacial score (nSPS) is 25.4. The van der Waals surface area contributed by atoms with Crippen LogP contribution in [0.3, 0.4) is 0 Å². The van der Waals surface area contributed by atoms with Crippen molar-refractivity contribution in [3.05, 3.63) is 40.9 Å². The molecule has 1 saturated carbocycles. The summed E-state index contributed by atoms with van der Waals surface area (Å²) < 4.78 is 11.0. The van der Waals surface area contributed by atoms with E-state index in [4.69, 9.17) is 21.1 Å². The van der Waals surface area contributed by atoms with Crippen LogP contribution in [0.15, 0.2) is 30.3 Å². The first-order valence-corrected chi connectivity index (χ1v) is 10.3. The molecule has 1 saturated heterocycles. The van der Waals surface area contributed by atoms with Gasteiger partial charge in [-0.3, -0.25) is 0 Å². The van der Waals surface area contributed by atoms with Crippen molar-refractivity contribution in [3.63, 3.8) is 0 Å². The average molecular weight is 432 g/mol. The number of ether oxygens (including phenoxy) is 2. The number of pyridine rings is 1. The number of rotatable bonds is 5. The molecule has 3 heterocycles. The highest BCUT2D eigenvalue weighted by Gasteiger charge is 2.38. The number of hydrogen-bond acceptors (Lipinski definition) is 7. The zero-order chi connectivity index (χ0) is 20.9. The molecule has 4 N–H and O–H groups in total. The quantitative estimate of drug-likeness (QED) is 0.488. The van der Waals surface area contributed by atoms with Crippen LogP contribution in [-0.2, 0) is 10.3 Å². The van der Waals surface area contributed by atoms with Crippen LogP contribution in [0.4, 0.5) is 0 Å². The van der Waals surface area contributed by atoms with Crippen molar-refractivity contribution < 1.29 is 24.8 Å². The number of halogens is 1. The van der Waals surface area contributed by atoms with Gasteiger partial charge in [0.25, 0.3) is 6.01 Å². The fourth-order valence-corrected chi connectivity index (χ4v) is 4.22. The molecule has 0 spiro atoms. The number of aliphatic hydroxyl groups is 3. The number of H-pyrrole nitrogens is 1. The number of benzene rings is 1. The Kier molecular flexibility index (Phi) is 4.91. The topological polar surface area (TPSA) is 121 Å². The number of nitrogens with one attached hydrogen (secondary N) is 1. The molecule has 0 unspecified atom stereocenters. The van der Waals surface area contributed by atoms with Crippen molar-refractivity contribution in [1.29, 1.82) is 0 Å². The first kappa shape index (κ1) is 19.7. The summed E-state index contributed by atoms with van der Waals surface area (Å²) >= 11 is 6.46. The van der Waals surface area contributed by atoms with E-state index in [0.717, 1.165) is 30.4 Å². The largest absolute Gasteiger partial charge is 0.456 e. The Morgan fingerprint density at radius 2 is 2.00 bits per heavy atom. The molecule has 30 heavy (non-hydrogen) atoms. The Morgan fingerprint density at radius 1 is 1.23 bits per heavy atom. The standard InChI is InChI=1S/C21H22ClN3O5/c22-13-8-14-19(25-20(23-14)30-16-10-29-15(9-26)18(16)27)24-17(13)11-2-4-12(5-3-11)21(28)6-1-7-21/h2-5,8,15-16,18,26-28H,1,6-7,9-10H2,(H,23,24,25)/t15-,16-,18-/m1/s1. The molecule has 3 aromatic rings. The Morgan fingerprint density at radius 3 is 2.63 bits per heavy atom. The maximum absolute atomic E-state index is 10.5. The predicted molar refractivity (Wildman–Crippen MR) is 109 cm³/mol. The number of aliphatic hydroxyl groups excluding tert-OH is 2. The van der Waals surface area contributed by atoms with Crippen LogP contribution in [-0.4, -0.2) is 61.8 Å². The second-order valence-corrected chi connectivity index (χ2v) is 8.30. The fraction of sp³-hybridized carbons (Fsp3) is 0.429. The van der Waals surface area contributed by atoms with Crippen molar-refractivity contribution >= 4 is 22.8 Å². The van der Waals surface area contributed by atoms with Gasteiger partial charge in [0.2, 0.25) is 0 Å². The highest BCUT2D eigenvalue weighted by molar-refractivity contribution is 6.33. The molecule has 1 aliphatic carbocycles. The molecule has 2 aromatic heterocycles. The van der Waals surface area contributed by atoms with E-state index in [0.29, 0.717) is 21.9 Å². The smallest absolute Gasteiger partial charge is 0.296 e. The first-order chi connectivity index (χ1) is 14.5. The fourth-order valence-electron chi connectivity index (χ4n) is 3.96. The second kappa shape index (κ2) is 7.47. The van der Waals surface area contributed by atoms with Gasteiger partial charge < -0.3 is 29.8 Å². The van der Waals surface area contributed by atoms with Crippen LogP contribution < -0.4 is 4.74 Å². The Hall–Kier alpha value is -2.23. The van der Waals surface area contributed by atoms with E-state index in [-0.39, 0.29) is 19.2 Å². The van der Waals surface area contributed by atoms with E-state index in [1.54, 1.807) is 6.07 Å². The molecule has 1 aliphatic heterocycles. The van der Waals surface area contributed by atoms with Gasteiger partial charge in [-0.15, -0.1) is 0 Å². The van der Waals surface area contributed by atoms with E-state index < -0.39 is 23.9 Å². The third kappa shape index (κ3) is 3.34. The maximum atomic E-state index is 10.5. The molecule has 0 radical (unpaired) electrons. The van der Waals surface area contributed by atoms with Crippen LogP contribution in [0.5, 0.6) is 6.01 Å². The number of nitrogens with zero attached hydrogens (tertiary/aromatic N) is 2. The van der Waals surface area contributed by atoms with Gasteiger partial charge in [-0.2, -0.15) is 4.98 Å². The van der Waals surface area contributed by atoms with Crippen LogP contribution >= 0.6 is 11.6 Å². The van der Waals surface area contributed by atoms with Crippen LogP contribution in [0.25, 0.3) is 22.4 Å². The minimum Gasteiger partial charge on any atom is -0.456 e. The molecular formula is C21H22ClN3O5. The van der Waals surface area contributed by atoms with Gasteiger partial charge in [-0.05, 0) is 30.9 Å². The van der Waals surface area contributed by atoms with Crippen molar-refractivity contribution in [1.82, 2.24) is 15.0 Å². The monoisotopic (exact) mass is 431 g/mol. The Labute approximate surface area is 177 Å². The lowest BCUT2D eigenvalue weighted by molar-refractivity contribution is -0.0387. The minimum atomic E-state index is -0.945. The van der Waals surface area contributed by atoms with Crippen LogP contribution in [0, 0.1) is 0 Å². The third-order valence-electron chi connectivity index (χ3n) is 5.96. The molecule has 1 aromatic carbocycles. The zero-order valence-corrected chi connectivity index (χ0v) is 16.8. The van der Waals surface area contributed by atoms with Gasteiger partial charge in [0, 0.05) is 5.56 Å². The summed E-state index contributed by atoms with van der Waals surface area (Å²) in [5.41, 5.74) is 2.63. The maximum Gasteiger partial charge on any atom is 0.296 e. The molecule has 0 amide bonds. The number of fused-ring (bicyclic) bond motifs is 1. The Bertz CT molecular complexity index is 1070. The predicted octanol–water partition coefficient (Wildman–Crippen LogP) is 2.15. The van der Waals surface area contributed by atoms with Gasteiger partial charge in [0.05, 0.1) is 35.0 Å². The van der Waals surface area contributed by atoms with Crippen molar-refractivity contribution in [3.8, 4) is 17.3 Å². The number of aromatic amines is 1. The number of hydrogen-bond donors (Lipinski definition) is 4. The van der Waals surface area contributed by atoms with Crippen LogP contribution in [0.2, 0.25) is 5.02 Å². The summed E-state index contributed by atoms with van der Waals surface area (Å²) in [7, 11) is 0. The van der Waals surface area contributed by atoms with Crippen molar-refractivity contribution in [2.75, 3.05) is 13.2 Å². The third-order valence-corrected chi connectivity index (χ3v) is 6.25. The molecular weight excluding hydrogens is 410 g/mol. The lowest BCUT2D eigenvalue weighted by atomic mass is 9.75. The van der Waals surface area contributed by atoms with E-state index >= 15 is 0 Å². The highest BCUT2D eigenvalue weighted by atomic mass is 35.5. The summed E-state index contributed by atoms with van der Waals surface area (Å²) in [5, 5.41) is 30.3. The minimum absolute atomic E-state index is 0.154. The molecule has 158 valence electrons. The summed E-state index contributed by atoms with van der Waals surface area (Å²) in [6, 6.07) is 9.54. The molecule has 5 rings (SSSR count). The van der Waals surface area contributed by atoms with E-state index in [1.165, 1.54) is 0 Å². The second-order valence-electron chi connectivity index (χ2n) is 7.90. The summed E-state index contributed by atoms with van der Waals surface area (Å²) in [5.74, 6) is 0. The molecule has 0 bridgehead atoms. The summed E-state index contributed by atoms with van der Waals surface area (Å²) in [6.45, 7) is -0.126. The molecule has 9 heteroatoms. The SMILES string of the molecule is OC[C@H]1OC[C@@H](Oc2nc3nc(-c4ccc(C5(O)CCC5)cc4)c(Cl)cc3[nH]2)[C@@H]1O. The molecule has 2 fully saturated rings. The number of aromatic nitrogens is 3. The van der Waals surface area contributed by atoms with Gasteiger partial charge >= 0.3 is 0 Å². The van der Waals surface area contributed by atoms with E-state index in [1.807, 2.05) is 24.3 Å². The lowest BCUT2D eigenvalue weighted by Gasteiger charge is -2.37. The van der Waals surface area contributed by atoms with Gasteiger partial charge in [0.1, 0.15) is 12.2 Å². The average Bonchev–Trinajstić information content (AvgIpc) is 3.28. The van der Waals surface area contributed by atoms with E-state index in [2.05, 4.69) is 15.0 Å². The highest BCUT2D eigenvalue weighted by Crippen LogP contribution is 2.41. The zero-order valence-electron chi connectivity index (χ0n) is 16.1. The molecule has 2 aliphatic rings. The lowest BCUT2D eigenvalue weighted by Crippen LogP contribution is -2.36. The first-order valence-electron chi connectivity index (χ1n) is 9.93. The number of imidazole rings is 1. The Balaban J connectivity index is 1.40. The van der Waals surface area contributed by atoms with E-state index in [9.17, 15) is 15.3 Å². The van der Waals surface area contributed by atoms with Crippen molar-refractivity contribution in [2.45, 2.75) is 43.2 Å². The van der Waals surface area contributed by atoms with Gasteiger partial charge in [-0.25, -0.2) is 4.98 Å². The van der Waals surface area contributed by atoms with Gasteiger partial charge in [-0.1, -0.05) is 35.9 Å². The van der Waals surface area contributed by atoms with Gasteiger partial charge in [0.15, 0.2) is 11.8 Å².